The Balaban J connectivity index is 2.06. The molecule has 0 aliphatic rings. The van der Waals surface area contributed by atoms with E-state index in [-0.39, 0.29) is 5.78 Å². The summed E-state index contributed by atoms with van der Waals surface area (Å²) in [6, 6.07) is 11.9. The van der Waals surface area contributed by atoms with Gasteiger partial charge in [-0.15, -0.1) is 22.7 Å². The second-order valence-electron chi connectivity index (χ2n) is 3.94. The minimum Gasteiger partial charge on any atom is -0.326 e. The molecule has 0 atom stereocenters. The first-order valence-corrected chi connectivity index (χ1v) is 7.29. The maximum Gasteiger partial charge on any atom is 0.204 e. The van der Waals surface area contributed by atoms with Crippen LogP contribution in [0.25, 0.3) is 10.1 Å². The van der Waals surface area contributed by atoms with E-state index in [9.17, 15) is 4.79 Å². The van der Waals surface area contributed by atoms with Crippen LogP contribution >= 0.6 is 22.7 Å². The van der Waals surface area contributed by atoms with Crippen LogP contribution in [0.2, 0.25) is 0 Å². The molecule has 0 radical (unpaired) electrons. The van der Waals surface area contributed by atoms with Crippen LogP contribution in [0.3, 0.4) is 0 Å². The average molecular weight is 273 g/mol. The van der Waals surface area contributed by atoms with Crippen molar-refractivity contribution in [2.75, 3.05) is 0 Å². The van der Waals surface area contributed by atoms with Gasteiger partial charge in [-0.25, -0.2) is 0 Å². The molecule has 4 heteroatoms. The lowest BCUT2D eigenvalue weighted by atomic mass is 10.1. The number of ketones is 1. The highest BCUT2D eigenvalue weighted by Gasteiger charge is 2.16. The van der Waals surface area contributed by atoms with Crippen molar-refractivity contribution in [3.8, 4) is 0 Å². The van der Waals surface area contributed by atoms with Crippen molar-refractivity contribution in [2.24, 2.45) is 5.73 Å². The highest BCUT2D eigenvalue weighted by atomic mass is 32.1. The third kappa shape index (κ3) is 1.88. The Morgan fingerprint density at radius 1 is 1.22 bits per heavy atom. The summed E-state index contributed by atoms with van der Waals surface area (Å²) >= 11 is 3.08. The fourth-order valence-electron chi connectivity index (χ4n) is 1.93. The van der Waals surface area contributed by atoms with Gasteiger partial charge in [0, 0.05) is 21.7 Å². The molecule has 0 aliphatic carbocycles. The quantitative estimate of drug-likeness (QED) is 0.740. The molecule has 1 aromatic carbocycles. The summed E-state index contributed by atoms with van der Waals surface area (Å²) < 4.78 is 1.14. The third-order valence-corrected chi connectivity index (χ3v) is 4.88. The number of carbonyl (C=O) groups is 1. The number of benzene rings is 1. The second kappa shape index (κ2) is 4.65. The highest BCUT2D eigenvalue weighted by Crippen LogP contribution is 2.29. The fourth-order valence-corrected chi connectivity index (χ4v) is 3.70. The monoisotopic (exact) mass is 273 g/mol. The van der Waals surface area contributed by atoms with Gasteiger partial charge in [-0.2, -0.15) is 0 Å². The van der Waals surface area contributed by atoms with Crippen molar-refractivity contribution >= 4 is 38.5 Å². The second-order valence-corrected chi connectivity index (χ2v) is 6.02. The fraction of sp³-hybridized carbons (Fsp3) is 0.0714. The minimum atomic E-state index is 0.0814. The van der Waals surface area contributed by atoms with Crippen LogP contribution in [-0.2, 0) is 6.54 Å². The number of carbonyl (C=O) groups excluding carboxylic acids is 1. The van der Waals surface area contributed by atoms with E-state index in [1.807, 2.05) is 41.8 Å². The van der Waals surface area contributed by atoms with Gasteiger partial charge in [-0.05, 0) is 29.0 Å². The van der Waals surface area contributed by atoms with Crippen LogP contribution in [0, 0.1) is 0 Å². The van der Waals surface area contributed by atoms with Crippen molar-refractivity contribution in [1.29, 1.82) is 0 Å². The van der Waals surface area contributed by atoms with Crippen molar-refractivity contribution < 1.29 is 4.79 Å². The largest absolute Gasteiger partial charge is 0.326 e. The molecule has 3 rings (SSSR count). The van der Waals surface area contributed by atoms with Crippen LogP contribution in [0.1, 0.15) is 20.1 Å². The van der Waals surface area contributed by atoms with Crippen LogP contribution in [0.15, 0.2) is 41.8 Å². The lowest BCUT2D eigenvalue weighted by Crippen LogP contribution is -2.03. The van der Waals surface area contributed by atoms with Crippen molar-refractivity contribution in [3.63, 3.8) is 0 Å². The average Bonchev–Trinajstić information content (AvgIpc) is 3.03. The van der Waals surface area contributed by atoms with E-state index in [0.29, 0.717) is 6.54 Å². The van der Waals surface area contributed by atoms with Gasteiger partial charge in [0.15, 0.2) is 0 Å². The van der Waals surface area contributed by atoms with Gasteiger partial charge in [-0.3, -0.25) is 4.79 Å². The van der Waals surface area contributed by atoms with Gasteiger partial charge in [0.25, 0.3) is 0 Å². The summed E-state index contributed by atoms with van der Waals surface area (Å²) in [5, 5.41) is 3.04. The number of hydrogen-bond donors (Lipinski definition) is 1. The summed E-state index contributed by atoms with van der Waals surface area (Å²) in [5.74, 6) is 0.0814. The predicted octanol–water partition coefficient (Wildman–Crippen LogP) is 3.65. The Bertz CT molecular complexity index is 678. The normalized spacial score (nSPS) is 10.9. The molecule has 90 valence electrons. The van der Waals surface area contributed by atoms with Gasteiger partial charge >= 0.3 is 0 Å². The number of hydrogen-bond acceptors (Lipinski definition) is 4. The number of thiophene rings is 2. The maximum atomic E-state index is 12.4. The van der Waals surface area contributed by atoms with E-state index in [4.69, 9.17) is 5.73 Å². The molecule has 2 heterocycles. The molecule has 2 aromatic heterocycles. The molecule has 0 unspecified atom stereocenters. The zero-order valence-electron chi connectivity index (χ0n) is 9.55. The van der Waals surface area contributed by atoms with Crippen LogP contribution < -0.4 is 5.73 Å². The first-order valence-electron chi connectivity index (χ1n) is 5.59. The molecule has 0 aliphatic heterocycles. The molecule has 0 saturated carbocycles. The minimum absolute atomic E-state index is 0.0814. The maximum absolute atomic E-state index is 12.4. The smallest absolute Gasteiger partial charge is 0.204 e. The molecule has 0 spiro atoms. The first kappa shape index (κ1) is 11.6. The molecule has 0 fully saturated rings. The van der Waals surface area contributed by atoms with Crippen LogP contribution in [0.5, 0.6) is 0 Å². The number of rotatable bonds is 3. The predicted molar refractivity (Wildman–Crippen MR) is 77.5 cm³/mol. The Labute approximate surface area is 113 Å². The molecule has 0 bridgehead atoms. The third-order valence-electron chi connectivity index (χ3n) is 2.82. The van der Waals surface area contributed by atoms with E-state index in [1.54, 1.807) is 0 Å². The summed E-state index contributed by atoms with van der Waals surface area (Å²) in [4.78, 5) is 14.2. The summed E-state index contributed by atoms with van der Waals surface area (Å²) in [6.45, 7) is 0.420. The summed E-state index contributed by atoms with van der Waals surface area (Å²) in [6.07, 6.45) is 0. The molecule has 0 saturated heterocycles. The lowest BCUT2D eigenvalue weighted by Gasteiger charge is -1.97. The van der Waals surface area contributed by atoms with Gasteiger partial charge < -0.3 is 5.73 Å². The van der Waals surface area contributed by atoms with E-state index in [1.165, 1.54) is 22.7 Å². The number of nitrogens with two attached hydrogens (primary N) is 1. The van der Waals surface area contributed by atoms with Crippen molar-refractivity contribution in [3.05, 3.63) is 57.1 Å². The molecular formula is C14H11NOS2. The zero-order chi connectivity index (χ0) is 12.5. The van der Waals surface area contributed by atoms with E-state index < -0.39 is 0 Å². The van der Waals surface area contributed by atoms with Gasteiger partial charge in [0.2, 0.25) is 5.78 Å². The Hall–Kier alpha value is -1.49. The first-order chi connectivity index (χ1) is 8.79. The van der Waals surface area contributed by atoms with E-state index in [2.05, 4.69) is 0 Å². The van der Waals surface area contributed by atoms with Gasteiger partial charge in [-0.1, -0.05) is 18.2 Å². The molecule has 18 heavy (non-hydrogen) atoms. The standard InChI is InChI=1S/C14H11NOS2/c15-8-13-10(5-6-17-13)14(16)12-7-9-3-1-2-4-11(9)18-12/h1-7H,8,15H2. The highest BCUT2D eigenvalue weighted by molar-refractivity contribution is 7.21. The van der Waals surface area contributed by atoms with Crippen molar-refractivity contribution in [2.45, 2.75) is 6.54 Å². The topological polar surface area (TPSA) is 43.1 Å². The molecular weight excluding hydrogens is 262 g/mol. The summed E-state index contributed by atoms with van der Waals surface area (Å²) in [7, 11) is 0. The molecule has 2 nitrogen and oxygen atoms in total. The SMILES string of the molecule is NCc1sccc1C(=O)c1cc2ccccc2s1. The van der Waals surface area contributed by atoms with Gasteiger partial charge in [0.05, 0.1) is 4.88 Å². The number of fused-ring (bicyclic) bond motifs is 1. The van der Waals surface area contributed by atoms with E-state index >= 15 is 0 Å². The Morgan fingerprint density at radius 3 is 2.83 bits per heavy atom. The van der Waals surface area contributed by atoms with Crippen molar-refractivity contribution in [1.82, 2.24) is 0 Å². The Morgan fingerprint density at radius 2 is 2.06 bits per heavy atom. The zero-order valence-corrected chi connectivity index (χ0v) is 11.2. The summed E-state index contributed by atoms with van der Waals surface area (Å²) in [5.41, 5.74) is 6.39. The van der Waals surface area contributed by atoms with E-state index in [0.717, 1.165) is 25.4 Å². The Kier molecular flexibility index (Phi) is 2.99. The molecule has 3 aromatic rings. The van der Waals surface area contributed by atoms with Crippen LogP contribution in [-0.4, -0.2) is 5.78 Å². The molecule has 0 amide bonds. The van der Waals surface area contributed by atoms with Gasteiger partial charge in [0.1, 0.15) is 0 Å². The molecule has 2 N–H and O–H groups in total. The van der Waals surface area contributed by atoms with Crippen LogP contribution in [0.4, 0.5) is 0 Å². The lowest BCUT2D eigenvalue weighted by molar-refractivity contribution is 0.104.